The quantitative estimate of drug-likeness (QED) is 0.356. The van der Waals surface area contributed by atoms with Crippen LogP contribution in [0.25, 0.3) is 0 Å². The van der Waals surface area contributed by atoms with Gasteiger partial charge in [-0.3, -0.25) is 19.2 Å². The van der Waals surface area contributed by atoms with E-state index in [1.165, 1.54) is 4.90 Å². The van der Waals surface area contributed by atoms with Gasteiger partial charge in [0, 0.05) is 23.5 Å². The topological polar surface area (TPSA) is 125 Å². The molecule has 0 saturated carbocycles. The van der Waals surface area contributed by atoms with Crippen LogP contribution in [0.3, 0.4) is 0 Å². The van der Waals surface area contributed by atoms with Crippen LogP contribution < -0.4 is 5.32 Å². The highest BCUT2D eigenvalue weighted by molar-refractivity contribution is 9.11. The second kappa shape index (κ2) is 12.9. The van der Waals surface area contributed by atoms with Crippen LogP contribution in [0, 0.1) is 11.8 Å². The molecule has 232 valence electrons. The second-order valence-electron chi connectivity index (χ2n) is 11.9. The fourth-order valence-electron chi connectivity index (χ4n) is 6.97. The maximum atomic E-state index is 14.8. The van der Waals surface area contributed by atoms with Crippen molar-refractivity contribution in [2.24, 2.45) is 11.8 Å². The summed E-state index contributed by atoms with van der Waals surface area (Å²) in [5, 5.41) is 13.5. The van der Waals surface area contributed by atoms with Gasteiger partial charge < -0.3 is 29.7 Å². The Hall–Kier alpha value is -3.02. The Morgan fingerprint density at radius 1 is 1.14 bits per heavy atom. The van der Waals surface area contributed by atoms with Gasteiger partial charge in [-0.2, -0.15) is 0 Å². The van der Waals surface area contributed by atoms with Gasteiger partial charge in [0.2, 0.25) is 17.7 Å². The molecule has 1 aromatic carbocycles. The van der Waals surface area contributed by atoms with E-state index in [0.717, 1.165) is 12.8 Å². The third-order valence-corrected chi connectivity index (χ3v) is 9.68. The SMILES string of the molecule is CCCC(C)N1C/C=C\CCC(=O)NC[C@H](C)OC(=O)[C@H]2[C@@H]3O[C@@]4(C=C3Br)[C@@H]2C(=O)N([C@H](CO)c2ccccc2)[C@@H]4C1=O. The van der Waals surface area contributed by atoms with Crippen LogP contribution in [0.5, 0.6) is 0 Å². The number of likely N-dealkylation sites (tertiary alicyclic amines) is 1. The zero-order chi connectivity index (χ0) is 30.9. The lowest BCUT2D eigenvalue weighted by atomic mass is 9.74. The molecule has 5 bridgehead atoms. The lowest BCUT2D eigenvalue weighted by Gasteiger charge is -2.40. The molecule has 4 aliphatic heterocycles. The molecular formula is C32H40BrN3O7. The average Bonchev–Trinajstić information content (AvgIpc) is 3.57. The van der Waals surface area contributed by atoms with Crippen LogP contribution in [0.4, 0.5) is 0 Å². The van der Waals surface area contributed by atoms with Crippen molar-refractivity contribution in [1.29, 1.82) is 0 Å². The lowest BCUT2D eigenvalue weighted by Crippen LogP contribution is -2.58. The van der Waals surface area contributed by atoms with Crippen molar-refractivity contribution < 1.29 is 33.8 Å². The molecule has 11 heteroatoms. The van der Waals surface area contributed by atoms with E-state index in [9.17, 15) is 24.3 Å². The Morgan fingerprint density at radius 2 is 1.88 bits per heavy atom. The third kappa shape index (κ3) is 5.67. The molecule has 10 nitrogen and oxygen atoms in total. The summed E-state index contributed by atoms with van der Waals surface area (Å²) in [5.74, 6) is -3.61. The molecule has 8 atom stereocenters. The zero-order valence-electron chi connectivity index (χ0n) is 24.8. The Bertz CT molecular complexity index is 1300. The molecule has 2 saturated heterocycles. The van der Waals surface area contributed by atoms with Gasteiger partial charge in [-0.25, -0.2) is 0 Å². The van der Waals surface area contributed by atoms with E-state index in [1.807, 2.05) is 56.3 Å². The summed E-state index contributed by atoms with van der Waals surface area (Å²) in [5.41, 5.74) is -0.771. The number of hydrogen-bond acceptors (Lipinski definition) is 7. The Labute approximate surface area is 260 Å². The number of benzene rings is 1. The summed E-state index contributed by atoms with van der Waals surface area (Å²) >= 11 is 3.56. The number of amides is 3. The van der Waals surface area contributed by atoms with E-state index in [1.54, 1.807) is 17.9 Å². The van der Waals surface area contributed by atoms with Gasteiger partial charge in [-0.05, 0) is 38.3 Å². The minimum Gasteiger partial charge on any atom is -0.460 e. The van der Waals surface area contributed by atoms with E-state index in [4.69, 9.17) is 9.47 Å². The molecule has 1 spiro atoms. The molecule has 2 N–H and O–H groups in total. The number of nitrogens with one attached hydrogen (secondary N) is 1. The fourth-order valence-corrected chi connectivity index (χ4v) is 7.71. The molecule has 1 aromatic rings. The molecule has 2 fully saturated rings. The first kappa shape index (κ1) is 31.4. The number of aliphatic hydroxyl groups excluding tert-OH is 1. The number of halogens is 1. The molecule has 0 radical (unpaired) electrons. The summed E-state index contributed by atoms with van der Waals surface area (Å²) in [4.78, 5) is 58.7. The lowest BCUT2D eigenvalue weighted by molar-refractivity contribution is -0.159. The number of carbonyl (C=O) groups excluding carboxylic acids is 4. The van der Waals surface area contributed by atoms with Gasteiger partial charge >= 0.3 is 5.97 Å². The molecule has 3 amide bonds. The highest BCUT2D eigenvalue weighted by Crippen LogP contribution is 2.60. The van der Waals surface area contributed by atoms with E-state index in [2.05, 4.69) is 21.2 Å². The summed E-state index contributed by atoms with van der Waals surface area (Å²) in [6.45, 7) is 5.68. The Morgan fingerprint density at radius 3 is 2.58 bits per heavy atom. The average molecular weight is 659 g/mol. The van der Waals surface area contributed by atoms with E-state index in [0.29, 0.717) is 16.5 Å². The first-order valence-corrected chi connectivity index (χ1v) is 15.9. The number of esters is 1. The molecule has 1 unspecified atom stereocenters. The number of nitrogens with zero attached hydrogens (tertiary/aromatic N) is 2. The Kier molecular flexibility index (Phi) is 9.43. The summed E-state index contributed by atoms with van der Waals surface area (Å²) in [6.07, 6.45) is 6.39. The second-order valence-corrected chi connectivity index (χ2v) is 12.8. The van der Waals surface area contributed by atoms with Crippen LogP contribution in [-0.4, -0.2) is 88.2 Å². The number of fused-ring (bicyclic) bond motifs is 2. The van der Waals surface area contributed by atoms with Crippen molar-refractivity contribution in [1.82, 2.24) is 15.1 Å². The predicted molar refractivity (Wildman–Crippen MR) is 162 cm³/mol. The summed E-state index contributed by atoms with van der Waals surface area (Å²) in [6, 6.07) is 6.95. The molecule has 0 aromatic heterocycles. The molecule has 4 aliphatic rings. The molecule has 5 rings (SSSR count). The predicted octanol–water partition coefficient (Wildman–Crippen LogP) is 3.01. The number of carbonyl (C=O) groups is 4. The number of hydrogen-bond donors (Lipinski definition) is 2. The normalized spacial score (nSPS) is 33.5. The maximum Gasteiger partial charge on any atom is 0.313 e. The number of cyclic esters (lactones) is 1. The summed E-state index contributed by atoms with van der Waals surface area (Å²) < 4.78 is 12.9. The van der Waals surface area contributed by atoms with Crippen LogP contribution in [-0.2, 0) is 28.7 Å². The van der Waals surface area contributed by atoms with Gasteiger partial charge in [-0.15, -0.1) is 0 Å². The summed E-state index contributed by atoms with van der Waals surface area (Å²) in [7, 11) is 0. The van der Waals surface area contributed by atoms with Crippen molar-refractivity contribution >= 4 is 39.6 Å². The maximum absolute atomic E-state index is 14.8. The van der Waals surface area contributed by atoms with E-state index >= 15 is 0 Å². The van der Waals surface area contributed by atoms with Crippen molar-refractivity contribution in [3.05, 3.63) is 58.6 Å². The van der Waals surface area contributed by atoms with Crippen molar-refractivity contribution in [2.75, 3.05) is 19.7 Å². The van der Waals surface area contributed by atoms with E-state index < -0.39 is 60.2 Å². The standard InChI is InChI=1S/C32H40BrN3O7/c1-4-11-19(2)35-15-10-6-9-14-24(38)34-17-20(3)42-31(41)25-26-29(39)36(23(18-37)21-12-7-5-8-13-21)28(30(35)40)32(26)16-22(33)27(25)43-32/h5-8,10,12-13,16,19-20,23,25-28,37H,4,9,11,14-15,17-18H2,1-3H3,(H,34,38)/b10-6-/t19?,20-,23+,25+,26-,27+,28+,32-/m0/s1. The highest BCUT2D eigenvalue weighted by atomic mass is 79.9. The number of allylic oxidation sites excluding steroid dienone is 1. The van der Waals surface area contributed by atoms with Crippen molar-refractivity contribution in [3.63, 3.8) is 0 Å². The van der Waals surface area contributed by atoms with Gasteiger partial charge in [0.1, 0.15) is 29.8 Å². The fraction of sp³-hybridized carbons (Fsp3) is 0.562. The minimum atomic E-state index is -1.44. The Balaban J connectivity index is 1.65. The first-order chi connectivity index (χ1) is 20.6. The molecular weight excluding hydrogens is 618 g/mol. The van der Waals surface area contributed by atoms with Crippen LogP contribution >= 0.6 is 15.9 Å². The van der Waals surface area contributed by atoms with Crippen LogP contribution in [0.15, 0.2) is 53.0 Å². The number of rotatable bonds is 6. The monoisotopic (exact) mass is 657 g/mol. The van der Waals surface area contributed by atoms with Gasteiger partial charge in [0.05, 0.1) is 25.1 Å². The molecule has 0 aliphatic carbocycles. The minimum absolute atomic E-state index is 0.128. The first-order valence-electron chi connectivity index (χ1n) is 15.1. The van der Waals surface area contributed by atoms with Crippen LogP contribution in [0.1, 0.15) is 58.1 Å². The number of aliphatic hydroxyl groups is 1. The van der Waals surface area contributed by atoms with E-state index in [-0.39, 0.29) is 37.4 Å². The van der Waals surface area contributed by atoms with Gasteiger partial charge in [0.15, 0.2) is 0 Å². The van der Waals surface area contributed by atoms with Gasteiger partial charge in [-0.1, -0.05) is 71.8 Å². The molecule has 4 heterocycles. The number of ether oxygens (including phenoxy) is 2. The smallest absolute Gasteiger partial charge is 0.313 e. The zero-order valence-corrected chi connectivity index (χ0v) is 26.4. The van der Waals surface area contributed by atoms with Gasteiger partial charge in [0.25, 0.3) is 0 Å². The van der Waals surface area contributed by atoms with Crippen LogP contribution in [0.2, 0.25) is 0 Å². The largest absolute Gasteiger partial charge is 0.460 e. The van der Waals surface area contributed by atoms with Crippen molar-refractivity contribution in [2.45, 2.75) is 82.4 Å². The third-order valence-electron chi connectivity index (χ3n) is 9.00. The molecule has 43 heavy (non-hydrogen) atoms. The highest BCUT2D eigenvalue weighted by Gasteiger charge is 2.75. The van der Waals surface area contributed by atoms with Crippen molar-refractivity contribution in [3.8, 4) is 0 Å².